The Balaban J connectivity index is 1.72. The van der Waals surface area contributed by atoms with Gasteiger partial charge in [-0.1, -0.05) is 12.1 Å². The van der Waals surface area contributed by atoms with E-state index in [2.05, 4.69) is 28.3 Å². The molecule has 1 saturated heterocycles. The number of rotatable bonds is 3. The van der Waals surface area contributed by atoms with Crippen molar-refractivity contribution >= 4 is 16.6 Å². The normalized spacial score (nSPS) is 17.6. The van der Waals surface area contributed by atoms with Gasteiger partial charge >= 0.3 is 0 Å². The van der Waals surface area contributed by atoms with Gasteiger partial charge in [-0.15, -0.1) is 0 Å². The van der Waals surface area contributed by atoms with E-state index in [0.717, 1.165) is 41.9 Å². The molecular formula is C19H22N4O. The van der Waals surface area contributed by atoms with Gasteiger partial charge in [0.15, 0.2) is 0 Å². The smallest absolute Gasteiger partial charge is 0.145 e. The third-order valence-corrected chi connectivity index (χ3v) is 4.85. The first-order valence-corrected chi connectivity index (χ1v) is 8.33. The summed E-state index contributed by atoms with van der Waals surface area (Å²) in [6, 6.07) is 8.34. The molecule has 0 spiro atoms. The van der Waals surface area contributed by atoms with Crippen LogP contribution in [0.3, 0.4) is 0 Å². The molecule has 3 heterocycles. The Morgan fingerprint density at radius 1 is 1.29 bits per heavy atom. The van der Waals surface area contributed by atoms with Crippen molar-refractivity contribution in [2.75, 3.05) is 25.1 Å². The third-order valence-electron chi connectivity index (χ3n) is 4.85. The van der Waals surface area contributed by atoms with E-state index in [-0.39, 0.29) is 0 Å². The molecule has 3 aromatic rings. The monoisotopic (exact) mass is 322 g/mol. The molecule has 0 amide bonds. The summed E-state index contributed by atoms with van der Waals surface area (Å²) in [5, 5.41) is 5.48. The molecule has 4 rings (SSSR count). The zero-order valence-electron chi connectivity index (χ0n) is 14.4. The number of anilines is 1. The second-order valence-electron chi connectivity index (χ2n) is 6.52. The van der Waals surface area contributed by atoms with Gasteiger partial charge in [-0.05, 0) is 31.0 Å². The lowest BCUT2D eigenvalue weighted by molar-refractivity contribution is 0.419. The number of methoxy groups -OCH3 is 1. The second-order valence-corrected chi connectivity index (χ2v) is 6.52. The average Bonchev–Trinajstić information content (AvgIpc) is 3.22. The number of hydrogen-bond acceptors (Lipinski definition) is 4. The molecule has 5 heteroatoms. The number of aromatic nitrogens is 3. The van der Waals surface area contributed by atoms with Crippen molar-refractivity contribution in [3.8, 4) is 5.75 Å². The van der Waals surface area contributed by atoms with E-state index in [1.165, 1.54) is 11.3 Å². The van der Waals surface area contributed by atoms with Gasteiger partial charge in [0.25, 0.3) is 0 Å². The van der Waals surface area contributed by atoms with Crippen LogP contribution in [0.15, 0.2) is 36.7 Å². The van der Waals surface area contributed by atoms with E-state index < -0.39 is 0 Å². The maximum Gasteiger partial charge on any atom is 0.145 e. The van der Waals surface area contributed by atoms with Crippen LogP contribution in [0, 0.1) is 6.92 Å². The number of para-hydroxylation sites is 1. The molecule has 0 saturated carbocycles. The summed E-state index contributed by atoms with van der Waals surface area (Å²) in [5.41, 5.74) is 4.54. The van der Waals surface area contributed by atoms with Crippen LogP contribution in [0.4, 0.5) is 5.69 Å². The lowest BCUT2D eigenvalue weighted by Gasteiger charge is -2.21. The molecule has 1 atom stereocenters. The standard InChI is InChI=1S/C19H22N4O/c1-13-9-17(16-5-4-6-18(24-3)19(16)21-13)23-8-7-14(12-23)15-10-20-22(2)11-15/h4-6,9-11,14H,7-8,12H2,1-3H3. The van der Waals surface area contributed by atoms with Gasteiger partial charge in [-0.25, -0.2) is 4.98 Å². The summed E-state index contributed by atoms with van der Waals surface area (Å²) in [6.07, 6.45) is 5.28. The van der Waals surface area contributed by atoms with E-state index in [9.17, 15) is 0 Å². The lowest BCUT2D eigenvalue weighted by Crippen LogP contribution is -2.19. The molecule has 0 N–H and O–H groups in total. The molecule has 0 radical (unpaired) electrons. The van der Waals surface area contributed by atoms with Crippen LogP contribution in [0.2, 0.25) is 0 Å². The van der Waals surface area contributed by atoms with Gasteiger partial charge in [-0.3, -0.25) is 4.68 Å². The van der Waals surface area contributed by atoms with Crippen LogP contribution >= 0.6 is 0 Å². The quantitative estimate of drug-likeness (QED) is 0.742. The highest BCUT2D eigenvalue weighted by atomic mass is 16.5. The van der Waals surface area contributed by atoms with Crippen molar-refractivity contribution in [2.24, 2.45) is 7.05 Å². The van der Waals surface area contributed by atoms with Crippen molar-refractivity contribution in [1.29, 1.82) is 0 Å². The first kappa shape index (κ1) is 15.0. The zero-order valence-corrected chi connectivity index (χ0v) is 14.4. The molecule has 124 valence electrons. The fraction of sp³-hybridized carbons (Fsp3) is 0.368. The number of pyridine rings is 1. The zero-order chi connectivity index (χ0) is 16.7. The highest BCUT2D eigenvalue weighted by Gasteiger charge is 2.26. The fourth-order valence-corrected chi connectivity index (χ4v) is 3.66. The number of nitrogens with zero attached hydrogens (tertiary/aromatic N) is 4. The van der Waals surface area contributed by atoms with E-state index in [0.29, 0.717) is 5.92 Å². The summed E-state index contributed by atoms with van der Waals surface area (Å²) in [5.74, 6) is 1.37. The molecule has 0 aliphatic carbocycles. The summed E-state index contributed by atoms with van der Waals surface area (Å²) in [6.45, 7) is 4.11. The van der Waals surface area contributed by atoms with Crippen LogP contribution in [-0.4, -0.2) is 35.0 Å². The Morgan fingerprint density at radius 3 is 2.92 bits per heavy atom. The van der Waals surface area contributed by atoms with Gasteiger partial charge in [0.05, 0.1) is 13.3 Å². The maximum absolute atomic E-state index is 5.50. The number of aryl methyl sites for hydroxylation is 2. The minimum atomic E-state index is 0.535. The number of ether oxygens (including phenoxy) is 1. The van der Waals surface area contributed by atoms with Crippen molar-refractivity contribution in [1.82, 2.24) is 14.8 Å². The molecule has 1 aliphatic heterocycles. The summed E-state index contributed by atoms with van der Waals surface area (Å²) in [4.78, 5) is 7.16. The largest absolute Gasteiger partial charge is 0.494 e. The number of fused-ring (bicyclic) bond motifs is 1. The van der Waals surface area contributed by atoms with Crippen molar-refractivity contribution in [3.05, 3.63) is 47.9 Å². The Kier molecular flexibility index (Phi) is 3.63. The molecule has 5 nitrogen and oxygen atoms in total. The van der Waals surface area contributed by atoms with Crippen LogP contribution in [0.5, 0.6) is 5.75 Å². The third kappa shape index (κ3) is 2.50. The highest BCUT2D eigenvalue weighted by Crippen LogP contribution is 2.36. The molecule has 1 aliphatic rings. The van der Waals surface area contributed by atoms with Gasteiger partial charge in [0, 0.05) is 49.0 Å². The predicted molar refractivity (Wildman–Crippen MR) is 95.8 cm³/mol. The molecule has 1 aromatic carbocycles. The van der Waals surface area contributed by atoms with E-state index in [1.54, 1.807) is 7.11 Å². The Labute approximate surface area is 141 Å². The topological polar surface area (TPSA) is 43.2 Å². The Bertz CT molecular complexity index is 886. The van der Waals surface area contributed by atoms with Crippen molar-refractivity contribution in [3.63, 3.8) is 0 Å². The first-order valence-electron chi connectivity index (χ1n) is 8.33. The van der Waals surface area contributed by atoms with E-state index in [4.69, 9.17) is 9.72 Å². The molecule has 24 heavy (non-hydrogen) atoms. The van der Waals surface area contributed by atoms with Crippen LogP contribution in [0.1, 0.15) is 23.6 Å². The fourth-order valence-electron chi connectivity index (χ4n) is 3.66. The molecular weight excluding hydrogens is 300 g/mol. The van der Waals surface area contributed by atoms with Crippen LogP contribution in [-0.2, 0) is 7.05 Å². The molecule has 2 aromatic heterocycles. The summed E-state index contributed by atoms with van der Waals surface area (Å²) < 4.78 is 7.39. The van der Waals surface area contributed by atoms with Gasteiger partial charge in [0.2, 0.25) is 0 Å². The minimum Gasteiger partial charge on any atom is -0.494 e. The Morgan fingerprint density at radius 2 is 2.17 bits per heavy atom. The Hall–Kier alpha value is -2.56. The first-order chi connectivity index (χ1) is 11.7. The van der Waals surface area contributed by atoms with Gasteiger partial charge < -0.3 is 9.64 Å². The molecule has 1 fully saturated rings. The minimum absolute atomic E-state index is 0.535. The van der Waals surface area contributed by atoms with E-state index >= 15 is 0 Å². The van der Waals surface area contributed by atoms with Gasteiger partial charge in [-0.2, -0.15) is 5.10 Å². The lowest BCUT2D eigenvalue weighted by atomic mass is 10.0. The molecule has 1 unspecified atom stereocenters. The van der Waals surface area contributed by atoms with Gasteiger partial charge in [0.1, 0.15) is 11.3 Å². The summed E-state index contributed by atoms with van der Waals surface area (Å²) in [7, 11) is 3.68. The summed E-state index contributed by atoms with van der Waals surface area (Å²) >= 11 is 0. The van der Waals surface area contributed by atoms with Crippen molar-refractivity contribution in [2.45, 2.75) is 19.3 Å². The maximum atomic E-state index is 5.50. The van der Waals surface area contributed by atoms with Crippen LogP contribution < -0.4 is 9.64 Å². The molecule has 0 bridgehead atoms. The van der Waals surface area contributed by atoms with Crippen molar-refractivity contribution < 1.29 is 4.74 Å². The van der Waals surface area contributed by atoms with E-state index in [1.807, 2.05) is 37.0 Å². The highest BCUT2D eigenvalue weighted by molar-refractivity contribution is 5.95. The SMILES string of the molecule is COc1cccc2c(N3CCC(c4cnn(C)c4)C3)cc(C)nc12. The van der Waals surface area contributed by atoms with Crippen LogP contribution in [0.25, 0.3) is 10.9 Å². The number of benzene rings is 1. The predicted octanol–water partition coefficient (Wildman–Crippen LogP) is 3.28. The number of hydrogen-bond donors (Lipinski definition) is 0. The second kappa shape index (κ2) is 5.82. The average molecular weight is 322 g/mol.